The Bertz CT molecular complexity index is 381. The van der Waals surface area contributed by atoms with Gasteiger partial charge in [-0.05, 0) is 20.3 Å². The smallest absolute Gasteiger partial charge is 0.137 e. The molecule has 0 aliphatic rings. The van der Waals surface area contributed by atoms with Gasteiger partial charge in [0.15, 0.2) is 0 Å². The molecule has 0 N–H and O–H groups in total. The van der Waals surface area contributed by atoms with Crippen LogP contribution in [0.2, 0.25) is 5.15 Å². The predicted octanol–water partition coefficient (Wildman–Crippen LogP) is 2.57. The lowest BCUT2D eigenvalue weighted by molar-refractivity contribution is 0.141. The van der Waals surface area contributed by atoms with Gasteiger partial charge in [-0.25, -0.2) is 9.97 Å². The fraction of sp³-hybridized carbons (Fsp3) is 0.714. The molecular formula is C14H24ClN3O2. The first-order valence-electron chi connectivity index (χ1n) is 7.14. The van der Waals surface area contributed by atoms with Gasteiger partial charge < -0.3 is 14.4 Å². The van der Waals surface area contributed by atoms with Crippen molar-refractivity contribution in [3.63, 3.8) is 0 Å². The molecule has 0 aliphatic heterocycles. The molecule has 0 fully saturated rings. The van der Waals surface area contributed by atoms with Crippen LogP contribution in [0.15, 0.2) is 6.33 Å². The van der Waals surface area contributed by atoms with Gasteiger partial charge >= 0.3 is 0 Å². The zero-order chi connectivity index (χ0) is 14.8. The first kappa shape index (κ1) is 17.1. The first-order valence-corrected chi connectivity index (χ1v) is 7.52. The van der Waals surface area contributed by atoms with Crippen molar-refractivity contribution in [2.75, 3.05) is 44.4 Å². The van der Waals surface area contributed by atoms with Crippen molar-refractivity contribution in [1.82, 2.24) is 9.97 Å². The summed E-state index contributed by atoms with van der Waals surface area (Å²) in [6, 6.07) is 0. The highest BCUT2D eigenvalue weighted by Crippen LogP contribution is 2.23. The Kier molecular flexibility index (Phi) is 8.49. The summed E-state index contributed by atoms with van der Waals surface area (Å²) >= 11 is 6.16. The molecule has 0 aromatic carbocycles. The molecule has 114 valence electrons. The monoisotopic (exact) mass is 301 g/mol. The highest BCUT2D eigenvalue weighted by atomic mass is 35.5. The van der Waals surface area contributed by atoms with Crippen LogP contribution in [0.5, 0.6) is 0 Å². The minimum Gasteiger partial charge on any atom is -0.380 e. The summed E-state index contributed by atoms with van der Waals surface area (Å²) in [5.41, 5.74) is 0.974. The summed E-state index contributed by atoms with van der Waals surface area (Å²) in [7, 11) is 0. The largest absolute Gasteiger partial charge is 0.380 e. The van der Waals surface area contributed by atoms with E-state index < -0.39 is 0 Å². The minimum absolute atomic E-state index is 0.523. The Balaban J connectivity index is 2.81. The molecule has 0 radical (unpaired) electrons. The van der Waals surface area contributed by atoms with E-state index in [9.17, 15) is 0 Å². The molecule has 20 heavy (non-hydrogen) atoms. The molecule has 0 spiro atoms. The van der Waals surface area contributed by atoms with Crippen LogP contribution in [0, 0.1) is 0 Å². The van der Waals surface area contributed by atoms with Crippen LogP contribution in [0.1, 0.15) is 26.3 Å². The lowest BCUT2D eigenvalue weighted by atomic mass is 10.2. The molecule has 0 amide bonds. The van der Waals surface area contributed by atoms with E-state index in [1.54, 1.807) is 0 Å². The SMILES string of the molecule is CCOCCN(CCOCC)c1ncnc(Cl)c1CC. The Morgan fingerprint density at radius 1 is 1.05 bits per heavy atom. The Labute approximate surface area is 126 Å². The summed E-state index contributed by atoms with van der Waals surface area (Å²) in [6.45, 7) is 10.3. The molecule has 6 heteroatoms. The van der Waals surface area contributed by atoms with Crippen LogP contribution < -0.4 is 4.90 Å². The summed E-state index contributed by atoms with van der Waals surface area (Å²) in [4.78, 5) is 10.6. The van der Waals surface area contributed by atoms with Crippen LogP contribution in [0.4, 0.5) is 5.82 Å². The predicted molar refractivity (Wildman–Crippen MR) is 81.6 cm³/mol. The number of hydrogen-bond donors (Lipinski definition) is 0. The minimum atomic E-state index is 0.523. The molecule has 0 saturated heterocycles. The van der Waals surface area contributed by atoms with Crippen molar-refractivity contribution in [3.8, 4) is 0 Å². The van der Waals surface area contributed by atoms with E-state index in [0.29, 0.717) is 31.6 Å². The first-order chi connectivity index (χ1) is 9.74. The van der Waals surface area contributed by atoms with Crippen molar-refractivity contribution in [2.45, 2.75) is 27.2 Å². The second-order valence-electron chi connectivity index (χ2n) is 4.20. The summed E-state index contributed by atoms with van der Waals surface area (Å²) in [5.74, 6) is 0.881. The Morgan fingerprint density at radius 3 is 2.15 bits per heavy atom. The van der Waals surface area contributed by atoms with E-state index in [-0.39, 0.29) is 0 Å². The van der Waals surface area contributed by atoms with Crippen molar-refractivity contribution >= 4 is 17.4 Å². The summed E-state index contributed by atoms with van der Waals surface area (Å²) < 4.78 is 10.9. The van der Waals surface area contributed by atoms with Gasteiger partial charge in [0.1, 0.15) is 17.3 Å². The number of aromatic nitrogens is 2. The average molecular weight is 302 g/mol. The van der Waals surface area contributed by atoms with Gasteiger partial charge in [-0.3, -0.25) is 0 Å². The standard InChI is InChI=1S/C14H24ClN3O2/c1-4-12-13(15)16-11-17-14(12)18(7-9-19-5-2)8-10-20-6-3/h11H,4-10H2,1-3H3. The lowest BCUT2D eigenvalue weighted by Gasteiger charge is -2.25. The normalized spacial score (nSPS) is 10.8. The van der Waals surface area contributed by atoms with Crippen molar-refractivity contribution in [3.05, 3.63) is 17.0 Å². The fourth-order valence-corrected chi connectivity index (χ4v) is 2.18. The number of anilines is 1. The van der Waals surface area contributed by atoms with Crippen LogP contribution >= 0.6 is 11.6 Å². The van der Waals surface area contributed by atoms with E-state index in [1.165, 1.54) is 6.33 Å². The maximum atomic E-state index is 6.16. The van der Waals surface area contributed by atoms with E-state index in [2.05, 4.69) is 21.8 Å². The third-order valence-corrected chi connectivity index (χ3v) is 3.27. The quantitative estimate of drug-likeness (QED) is 0.491. The molecule has 0 saturated carbocycles. The van der Waals surface area contributed by atoms with E-state index in [0.717, 1.165) is 30.9 Å². The van der Waals surface area contributed by atoms with Crippen LogP contribution in [-0.2, 0) is 15.9 Å². The van der Waals surface area contributed by atoms with Gasteiger partial charge in [-0.1, -0.05) is 18.5 Å². The van der Waals surface area contributed by atoms with E-state index >= 15 is 0 Å². The lowest BCUT2D eigenvalue weighted by Crippen LogP contribution is -2.32. The topological polar surface area (TPSA) is 47.5 Å². The van der Waals surface area contributed by atoms with E-state index in [4.69, 9.17) is 21.1 Å². The maximum Gasteiger partial charge on any atom is 0.137 e. The number of halogens is 1. The fourth-order valence-electron chi connectivity index (χ4n) is 1.92. The van der Waals surface area contributed by atoms with E-state index in [1.807, 2.05) is 13.8 Å². The van der Waals surface area contributed by atoms with Crippen molar-refractivity contribution in [2.24, 2.45) is 0 Å². The molecule has 0 aliphatic carbocycles. The second kappa shape index (κ2) is 9.91. The number of ether oxygens (including phenoxy) is 2. The highest BCUT2D eigenvalue weighted by Gasteiger charge is 2.15. The summed E-state index contributed by atoms with van der Waals surface area (Å²) in [6.07, 6.45) is 2.31. The van der Waals surface area contributed by atoms with Crippen molar-refractivity contribution < 1.29 is 9.47 Å². The van der Waals surface area contributed by atoms with Crippen LogP contribution in [0.25, 0.3) is 0 Å². The summed E-state index contributed by atoms with van der Waals surface area (Å²) in [5, 5.41) is 0.523. The third kappa shape index (κ3) is 5.23. The molecule has 5 nitrogen and oxygen atoms in total. The highest BCUT2D eigenvalue weighted by molar-refractivity contribution is 6.30. The van der Waals surface area contributed by atoms with Crippen LogP contribution in [0.3, 0.4) is 0 Å². The molecule has 1 heterocycles. The number of rotatable bonds is 10. The van der Waals surface area contributed by atoms with Gasteiger partial charge in [0, 0.05) is 31.9 Å². The Hall–Kier alpha value is -0.910. The second-order valence-corrected chi connectivity index (χ2v) is 4.56. The zero-order valence-corrected chi connectivity index (χ0v) is 13.3. The molecule has 1 rings (SSSR count). The molecule has 1 aromatic heterocycles. The van der Waals surface area contributed by atoms with Gasteiger partial charge in [-0.2, -0.15) is 0 Å². The average Bonchev–Trinajstić information content (AvgIpc) is 2.46. The molecule has 0 bridgehead atoms. The zero-order valence-electron chi connectivity index (χ0n) is 12.6. The van der Waals surface area contributed by atoms with Crippen molar-refractivity contribution in [1.29, 1.82) is 0 Å². The van der Waals surface area contributed by atoms with Crippen LogP contribution in [-0.4, -0.2) is 49.5 Å². The molecular weight excluding hydrogens is 278 g/mol. The third-order valence-electron chi connectivity index (χ3n) is 2.94. The van der Waals surface area contributed by atoms with Gasteiger partial charge in [0.05, 0.1) is 13.2 Å². The Morgan fingerprint density at radius 2 is 1.65 bits per heavy atom. The van der Waals surface area contributed by atoms with Gasteiger partial charge in [0.2, 0.25) is 0 Å². The molecule has 1 aromatic rings. The van der Waals surface area contributed by atoms with Gasteiger partial charge in [0.25, 0.3) is 0 Å². The molecule has 0 atom stereocenters. The molecule has 0 unspecified atom stereocenters. The number of hydrogen-bond acceptors (Lipinski definition) is 5. The maximum absolute atomic E-state index is 6.16. The van der Waals surface area contributed by atoms with Gasteiger partial charge in [-0.15, -0.1) is 0 Å². The number of nitrogens with zero attached hydrogens (tertiary/aromatic N) is 3.